The van der Waals surface area contributed by atoms with Crippen LogP contribution in [0.2, 0.25) is 0 Å². The highest BCUT2D eigenvalue weighted by Gasteiger charge is 2.20. The molecule has 0 aromatic heterocycles. The minimum atomic E-state index is -3.12. The summed E-state index contributed by atoms with van der Waals surface area (Å²) in [4.78, 5) is 23.9. The SMILES string of the molecule is O=C([O-])c1cc2c(cc1NC(=O)c1ccccc1OC(F)F)OCCCO2. The summed E-state index contributed by atoms with van der Waals surface area (Å²) in [5.74, 6) is -2.24. The number of alkyl halides is 2. The smallest absolute Gasteiger partial charge is 0.387 e. The number of halogens is 2. The Balaban J connectivity index is 1.94. The quantitative estimate of drug-likeness (QED) is 0.856. The summed E-state index contributed by atoms with van der Waals surface area (Å²) in [6, 6.07) is 7.84. The first-order valence-corrected chi connectivity index (χ1v) is 7.96. The van der Waals surface area contributed by atoms with E-state index < -0.39 is 18.5 Å². The molecule has 0 spiro atoms. The Morgan fingerprint density at radius 1 is 1.07 bits per heavy atom. The molecule has 2 aromatic carbocycles. The van der Waals surface area contributed by atoms with Crippen molar-refractivity contribution in [2.45, 2.75) is 13.0 Å². The van der Waals surface area contributed by atoms with Crippen molar-refractivity contribution >= 4 is 17.6 Å². The van der Waals surface area contributed by atoms with Crippen LogP contribution < -0.4 is 24.6 Å². The van der Waals surface area contributed by atoms with E-state index in [0.717, 1.165) is 0 Å². The lowest BCUT2D eigenvalue weighted by molar-refractivity contribution is -0.254. The second-order valence-electron chi connectivity index (χ2n) is 5.51. The van der Waals surface area contributed by atoms with E-state index in [-0.39, 0.29) is 34.1 Å². The van der Waals surface area contributed by atoms with E-state index in [1.807, 2.05) is 0 Å². The monoisotopic (exact) mass is 378 g/mol. The molecule has 1 aliphatic rings. The molecule has 1 aliphatic heterocycles. The molecule has 0 bridgehead atoms. The van der Waals surface area contributed by atoms with Crippen molar-refractivity contribution in [2.75, 3.05) is 18.5 Å². The fourth-order valence-electron chi connectivity index (χ4n) is 2.52. The van der Waals surface area contributed by atoms with Crippen LogP contribution in [-0.2, 0) is 0 Å². The van der Waals surface area contributed by atoms with Crippen LogP contribution in [0.15, 0.2) is 36.4 Å². The minimum Gasteiger partial charge on any atom is -0.545 e. The Hall–Kier alpha value is -3.36. The summed E-state index contributed by atoms with van der Waals surface area (Å²) in [7, 11) is 0. The Kier molecular flexibility index (Phi) is 5.39. The van der Waals surface area contributed by atoms with Gasteiger partial charge in [0.25, 0.3) is 5.91 Å². The average Bonchev–Trinajstić information content (AvgIpc) is 2.85. The third kappa shape index (κ3) is 4.25. The number of hydrogen-bond donors (Lipinski definition) is 1. The van der Waals surface area contributed by atoms with E-state index in [1.54, 1.807) is 0 Å². The Labute approximate surface area is 152 Å². The van der Waals surface area contributed by atoms with Gasteiger partial charge in [0.2, 0.25) is 0 Å². The largest absolute Gasteiger partial charge is 0.545 e. The molecule has 27 heavy (non-hydrogen) atoms. The Morgan fingerprint density at radius 2 is 1.74 bits per heavy atom. The topological polar surface area (TPSA) is 96.9 Å². The van der Waals surface area contributed by atoms with Crippen LogP contribution in [0.3, 0.4) is 0 Å². The van der Waals surface area contributed by atoms with Crippen LogP contribution in [0.25, 0.3) is 0 Å². The third-order valence-electron chi connectivity index (χ3n) is 3.70. The van der Waals surface area contributed by atoms with Crippen LogP contribution in [0.5, 0.6) is 17.2 Å². The van der Waals surface area contributed by atoms with E-state index in [0.29, 0.717) is 19.6 Å². The van der Waals surface area contributed by atoms with Crippen LogP contribution in [-0.4, -0.2) is 31.7 Å². The zero-order valence-corrected chi connectivity index (χ0v) is 13.9. The minimum absolute atomic E-state index is 0.115. The first-order valence-electron chi connectivity index (χ1n) is 7.96. The number of aromatic carboxylic acids is 1. The molecule has 2 aromatic rings. The molecule has 0 aliphatic carbocycles. The maximum absolute atomic E-state index is 12.5. The molecular weight excluding hydrogens is 364 g/mol. The van der Waals surface area contributed by atoms with Gasteiger partial charge in [-0.15, -0.1) is 0 Å². The number of anilines is 1. The zero-order valence-electron chi connectivity index (χ0n) is 13.9. The number of benzene rings is 2. The molecule has 1 heterocycles. The third-order valence-corrected chi connectivity index (χ3v) is 3.70. The van der Waals surface area contributed by atoms with Crippen LogP contribution >= 0.6 is 0 Å². The van der Waals surface area contributed by atoms with Gasteiger partial charge in [-0.2, -0.15) is 8.78 Å². The maximum Gasteiger partial charge on any atom is 0.387 e. The summed E-state index contributed by atoms with van der Waals surface area (Å²) in [5.41, 5.74) is -0.634. The van der Waals surface area contributed by atoms with Gasteiger partial charge in [-0.05, 0) is 18.2 Å². The van der Waals surface area contributed by atoms with Crippen LogP contribution in [0.1, 0.15) is 27.1 Å². The van der Waals surface area contributed by atoms with Gasteiger partial charge in [-0.3, -0.25) is 4.79 Å². The molecule has 0 saturated heterocycles. The first kappa shape index (κ1) is 18.4. The number of carboxylic acid groups (broad SMARTS) is 1. The second kappa shape index (κ2) is 7.90. The number of fused-ring (bicyclic) bond motifs is 1. The number of amides is 1. The predicted molar refractivity (Wildman–Crippen MR) is 87.4 cm³/mol. The number of nitrogens with one attached hydrogen (secondary N) is 1. The molecule has 0 fully saturated rings. The molecule has 3 rings (SSSR count). The van der Waals surface area contributed by atoms with Crippen molar-refractivity contribution in [3.63, 3.8) is 0 Å². The molecule has 7 nitrogen and oxygen atoms in total. The number of hydrogen-bond acceptors (Lipinski definition) is 6. The van der Waals surface area contributed by atoms with E-state index in [2.05, 4.69) is 10.1 Å². The molecule has 0 unspecified atom stereocenters. The molecule has 0 radical (unpaired) electrons. The summed E-state index contributed by atoms with van der Waals surface area (Å²) < 4.78 is 40.2. The lowest BCUT2D eigenvalue weighted by atomic mass is 10.1. The fourth-order valence-corrected chi connectivity index (χ4v) is 2.52. The highest BCUT2D eigenvalue weighted by molar-refractivity contribution is 6.09. The van der Waals surface area contributed by atoms with Gasteiger partial charge in [0.05, 0.1) is 30.4 Å². The molecule has 0 atom stereocenters. The Bertz CT molecular complexity index is 871. The van der Waals surface area contributed by atoms with Gasteiger partial charge in [-0.25, -0.2) is 0 Å². The Morgan fingerprint density at radius 3 is 2.41 bits per heavy atom. The maximum atomic E-state index is 12.5. The highest BCUT2D eigenvalue weighted by Crippen LogP contribution is 2.35. The molecule has 1 amide bonds. The molecule has 1 N–H and O–H groups in total. The molecular formula is C18H14F2NO6-. The lowest BCUT2D eigenvalue weighted by Crippen LogP contribution is -2.25. The molecule has 9 heteroatoms. The van der Waals surface area contributed by atoms with E-state index in [4.69, 9.17) is 9.47 Å². The average molecular weight is 378 g/mol. The van der Waals surface area contributed by atoms with Crippen molar-refractivity contribution in [2.24, 2.45) is 0 Å². The summed E-state index contributed by atoms with van der Waals surface area (Å²) in [6.45, 7) is -2.41. The van der Waals surface area contributed by atoms with Crippen molar-refractivity contribution in [1.29, 1.82) is 0 Å². The number of rotatable bonds is 5. The summed E-state index contributed by atoms with van der Waals surface area (Å²) in [5, 5.41) is 13.8. The van der Waals surface area contributed by atoms with Gasteiger partial charge in [-0.1, -0.05) is 12.1 Å². The summed E-state index contributed by atoms with van der Waals surface area (Å²) >= 11 is 0. The number of carbonyl (C=O) groups excluding carboxylic acids is 2. The van der Waals surface area contributed by atoms with Crippen molar-refractivity contribution in [3.05, 3.63) is 47.5 Å². The number of carbonyl (C=O) groups is 2. The van der Waals surface area contributed by atoms with Gasteiger partial charge in [0.15, 0.2) is 11.5 Å². The normalized spacial score (nSPS) is 13.0. The van der Waals surface area contributed by atoms with Crippen molar-refractivity contribution in [3.8, 4) is 17.2 Å². The van der Waals surface area contributed by atoms with Gasteiger partial charge >= 0.3 is 6.61 Å². The first-order chi connectivity index (χ1) is 13.0. The van der Waals surface area contributed by atoms with Crippen LogP contribution in [0.4, 0.5) is 14.5 Å². The molecule has 0 saturated carbocycles. The molecule has 142 valence electrons. The predicted octanol–water partition coefficient (Wildman–Crippen LogP) is 2.07. The van der Waals surface area contributed by atoms with Gasteiger partial charge in [0, 0.05) is 18.1 Å². The number of carboxylic acids is 1. The van der Waals surface area contributed by atoms with E-state index in [9.17, 15) is 23.5 Å². The van der Waals surface area contributed by atoms with E-state index >= 15 is 0 Å². The van der Waals surface area contributed by atoms with Gasteiger partial charge < -0.3 is 29.4 Å². The highest BCUT2D eigenvalue weighted by atomic mass is 19.3. The zero-order chi connectivity index (χ0) is 19.4. The number of para-hydroxylation sites is 1. The fraction of sp³-hybridized carbons (Fsp3) is 0.222. The van der Waals surface area contributed by atoms with Crippen molar-refractivity contribution < 1.29 is 37.7 Å². The standard InChI is InChI=1S/C18H15F2NO6/c19-18(20)27-13-5-2-1-4-10(13)16(22)21-12-9-15-14(8-11(12)17(23)24)25-6-3-7-26-15/h1-2,4-5,8-9,18H,3,6-7H2,(H,21,22)(H,23,24)/p-1. The lowest BCUT2D eigenvalue weighted by Gasteiger charge is -2.17. The summed E-state index contributed by atoms with van der Waals surface area (Å²) in [6.07, 6.45) is 0.607. The second-order valence-corrected chi connectivity index (χ2v) is 5.51. The number of ether oxygens (including phenoxy) is 3. The van der Waals surface area contributed by atoms with Crippen LogP contribution in [0, 0.1) is 0 Å². The van der Waals surface area contributed by atoms with E-state index in [1.165, 1.54) is 36.4 Å². The van der Waals surface area contributed by atoms with Gasteiger partial charge in [0.1, 0.15) is 5.75 Å². The van der Waals surface area contributed by atoms with Crippen molar-refractivity contribution in [1.82, 2.24) is 0 Å².